The summed E-state index contributed by atoms with van der Waals surface area (Å²) in [4.78, 5) is 37.9. The van der Waals surface area contributed by atoms with Crippen LogP contribution in [0.1, 0.15) is 71.9 Å². The molecule has 58 heavy (non-hydrogen) atoms. The van der Waals surface area contributed by atoms with E-state index in [-0.39, 0.29) is 65.6 Å². The molecule has 0 saturated carbocycles. The van der Waals surface area contributed by atoms with Gasteiger partial charge in [-0.3, -0.25) is 10.2 Å². The number of benzene rings is 2. The Balaban J connectivity index is 1.41. The molecular weight excluding hydrogens is 792 g/mol. The number of nitrogens with one attached hydrogen (secondary N) is 1. The number of thiophene rings is 1. The van der Waals surface area contributed by atoms with Crippen molar-refractivity contribution in [3.63, 3.8) is 0 Å². The Morgan fingerprint density at radius 3 is 2.33 bits per heavy atom. The van der Waals surface area contributed by atoms with Gasteiger partial charge in [0.25, 0.3) is 0 Å². The van der Waals surface area contributed by atoms with Gasteiger partial charge in [0.2, 0.25) is 0 Å². The highest BCUT2D eigenvalue weighted by Gasteiger charge is 2.46. The van der Waals surface area contributed by atoms with Crippen molar-refractivity contribution in [1.82, 2.24) is 14.9 Å². The molecule has 2 aromatic carbocycles. The first-order chi connectivity index (χ1) is 27.1. The molecule has 3 saturated heterocycles. The van der Waals surface area contributed by atoms with E-state index in [4.69, 9.17) is 18.9 Å². The van der Waals surface area contributed by atoms with Crippen LogP contribution in [0.5, 0.6) is 6.01 Å². The van der Waals surface area contributed by atoms with Gasteiger partial charge in [-0.25, -0.2) is 18.4 Å². The van der Waals surface area contributed by atoms with E-state index in [1.807, 2.05) is 6.07 Å². The Bertz CT molecular complexity index is 2330. The molecule has 3 atom stereocenters. The number of nitrogens with zero attached hydrogens (tertiary/aromatic N) is 5. The van der Waals surface area contributed by atoms with Crippen LogP contribution in [-0.2, 0) is 20.4 Å². The highest BCUT2D eigenvalue weighted by Crippen LogP contribution is 2.49. The number of nitriles is 1. The zero-order chi connectivity index (χ0) is 42.1. The second kappa shape index (κ2) is 14.6. The number of alkyl halides is 3. The van der Waals surface area contributed by atoms with E-state index in [1.165, 1.54) is 0 Å². The molecule has 310 valence electrons. The number of fused-ring (bicyclic) bond motifs is 4. The summed E-state index contributed by atoms with van der Waals surface area (Å²) >= 11 is 0.578. The molecule has 3 unspecified atom stereocenters. The van der Waals surface area contributed by atoms with Gasteiger partial charge < -0.3 is 29.0 Å². The molecule has 3 aliphatic heterocycles. The predicted molar refractivity (Wildman–Crippen MR) is 203 cm³/mol. The maximum atomic E-state index is 17.4. The van der Waals surface area contributed by atoms with Crippen LogP contribution >= 0.6 is 11.3 Å². The normalized spacial score (nSPS) is 21.1. The Morgan fingerprint density at radius 2 is 1.74 bits per heavy atom. The lowest BCUT2D eigenvalue weighted by Gasteiger charge is -2.42. The maximum Gasteiger partial charge on any atom is 0.417 e. The van der Waals surface area contributed by atoms with E-state index >= 15 is 22.0 Å². The number of piperazine rings is 1. The van der Waals surface area contributed by atoms with E-state index in [0.717, 1.165) is 12.1 Å². The van der Waals surface area contributed by atoms with Crippen molar-refractivity contribution in [2.45, 2.75) is 95.9 Å². The van der Waals surface area contributed by atoms with Gasteiger partial charge in [-0.05, 0) is 72.1 Å². The molecule has 4 aromatic rings. The number of aliphatic hydroxyl groups is 1. The van der Waals surface area contributed by atoms with Gasteiger partial charge in [0.1, 0.15) is 51.6 Å². The van der Waals surface area contributed by atoms with Gasteiger partial charge in [0.05, 0.1) is 34.5 Å². The number of halogens is 5. The molecule has 0 aliphatic carbocycles. The quantitative estimate of drug-likeness (QED) is 0.181. The molecule has 13 nitrogen and oxygen atoms in total. The average molecular weight is 833 g/mol. The second-order valence-electron chi connectivity index (χ2n) is 16.7. The summed E-state index contributed by atoms with van der Waals surface area (Å²) in [6.07, 6.45) is -5.39. The molecule has 2 aromatic heterocycles. The van der Waals surface area contributed by atoms with Crippen molar-refractivity contribution in [3.8, 4) is 23.2 Å². The van der Waals surface area contributed by atoms with Crippen LogP contribution in [0.3, 0.4) is 0 Å². The van der Waals surface area contributed by atoms with Gasteiger partial charge in [-0.1, -0.05) is 6.07 Å². The number of anilines is 2. The number of hydrogen-bond donors (Lipinski definition) is 2. The molecule has 0 spiro atoms. The smallest absolute Gasteiger partial charge is 0.417 e. The standard InChI is InChI=1S/C39H41F5N6O7S/c1-36(2,3)56-34(51)48-32-23(14-45)26-21(9-10-25(40)30(26)58-32)27-24(39(42,43)44)13-22-29(28(27)41)46-33(55-18-38(53)11-12-54-17-38)47-31(22)49-15-19-7-8-20(16-49)50(19)35(52)57-37(4,5)6/h9-10,13,19-20,53H,7-8,11-12,15-18H2,1-6H3,(H,48,51). The second-order valence-corrected chi connectivity index (χ2v) is 17.7. The van der Waals surface area contributed by atoms with Gasteiger partial charge in [-0.2, -0.15) is 28.4 Å². The fraction of sp³-hybridized carbons (Fsp3) is 0.513. The highest BCUT2D eigenvalue weighted by molar-refractivity contribution is 7.23. The lowest BCUT2D eigenvalue weighted by Crippen LogP contribution is -2.57. The summed E-state index contributed by atoms with van der Waals surface area (Å²) in [5, 5.41) is 22.6. The van der Waals surface area contributed by atoms with Crippen molar-refractivity contribution < 1.29 is 55.6 Å². The fourth-order valence-corrected chi connectivity index (χ4v) is 8.62. The third-order valence-corrected chi connectivity index (χ3v) is 11.0. The summed E-state index contributed by atoms with van der Waals surface area (Å²) in [5.74, 6) is -2.50. The molecule has 2 N–H and O–H groups in total. The topological polar surface area (TPSA) is 159 Å². The number of amides is 2. The molecule has 5 heterocycles. The Kier molecular flexibility index (Phi) is 10.4. The van der Waals surface area contributed by atoms with Gasteiger partial charge in [0, 0.05) is 42.5 Å². The summed E-state index contributed by atoms with van der Waals surface area (Å²) in [7, 11) is 0. The van der Waals surface area contributed by atoms with Crippen molar-refractivity contribution in [3.05, 3.63) is 41.0 Å². The predicted octanol–water partition coefficient (Wildman–Crippen LogP) is 8.15. The van der Waals surface area contributed by atoms with Crippen molar-refractivity contribution in [2.75, 3.05) is 43.1 Å². The van der Waals surface area contributed by atoms with Crippen LogP contribution in [0, 0.1) is 23.0 Å². The monoisotopic (exact) mass is 832 g/mol. The minimum Gasteiger partial charge on any atom is -0.460 e. The van der Waals surface area contributed by atoms with Crippen molar-refractivity contribution >= 4 is 55.3 Å². The molecule has 19 heteroatoms. The third-order valence-electron chi connectivity index (χ3n) is 9.92. The number of aromatic nitrogens is 2. The number of rotatable bonds is 6. The van der Waals surface area contributed by atoms with Gasteiger partial charge >= 0.3 is 24.4 Å². The summed E-state index contributed by atoms with van der Waals surface area (Å²) in [5.41, 5.74) is -7.15. The number of hydrogen-bond acceptors (Lipinski definition) is 12. The lowest BCUT2D eigenvalue weighted by atomic mass is 9.92. The van der Waals surface area contributed by atoms with E-state index in [0.29, 0.717) is 30.2 Å². The summed E-state index contributed by atoms with van der Waals surface area (Å²) in [6, 6.07) is 3.05. The number of ether oxygens (including phenoxy) is 4. The maximum absolute atomic E-state index is 17.4. The third kappa shape index (κ3) is 8.01. The van der Waals surface area contributed by atoms with E-state index in [9.17, 15) is 20.0 Å². The number of carbonyl (C=O) groups excluding carboxylic acids is 2. The van der Waals surface area contributed by atoms with Crippen LogP contribution < -0.4 is 15.0 Å². The van der Waals surface area contributed by atoms with Crippen molar-refractivity contribution in [1.29, 1.82) is 5.26 Å². The lowest BCUT2D eigenvalue weighted by molar-refractivity contribution is -0.137. The molecule has 3 aliphatic rings. The summed E-state index contributed by atoms with van der Waals surface area (Å²) in [6.45, 7) is 10.0. The van der Waals surface area contributed by atoms with Crippen LogP contribution in [0.25, 0.3) is 32.1 Å². The molecule has 0 radical (unpaired) electrons. The van der Waals surface area contributed by atoms with E-state index in [2.05, 4.69) is 15.3 Å². The van der Waals surface area contributed by atoms with Crippen molar-refractivity contribution in [2.24, 2.45) is 0 Å². The van der Waals surface area contributed by atoms with Crippen LogP contribution in [0.15, 0.2) is 18.2 Å². The average Bonchev–Trinajstić information content (AvgIpc) is 3.79. The van der Waals surface area contributed by atoms with E-state index in [1.54, 1.807) is 51.3 Å². The fourth-order valence-electron chi connectivity index (χ4n) is 7.55. The van der Waals surface area contributed by atoms with Gasteiger partial charge in [-0.15, -0.1) is 11.3 Å². The first-order valence-electron chi connectivity index (χ1n) is 18.5. The first kappa shape index (κ1) is 41.1. The number of carbonyl (C=O) groups is 2. The summed E-state index contributed by atoms with van der Waals surface area (Å²) < 4.78 is 100. The highest BCUT2D eigenvalue weighted by atomic mass is 32.1. The van der Waals surface area contributed by atoms with E-state index < -0.39 is 92.7 Å². The van der Waals surface area contributed by atoms with Crippen LogP contribution in [0.4, 0.5) is 42.4 Å². The first-order valence-corrected chi connectivity index (χ1v) is 19.3. The largest absolute Gasteiger partial charge is 0.460 e. The van der Waals surface area contributed by atoms with Crippen LogP contribution in [0.2, 0.25) is 0 Å². The Labute approximate surface area is 333 Å². The molecule has 2 bridgehead atoms. The molecule has 2 amide bonds. The Morgan fingerprint density at radius 1 is 1.07 bits per heavy atom. The molecule has 3 fully saturated rings. The SMILES string of the molecule is CC(C)(C)OC(=O)Nc1sc2c(F)ccc(-c3c(C(F)(F)F)cc4c(N5CC6CCC(C5)N6C(=O)OC(C)(C)C)nc(OCC5(O)CCOC5)nc4c3F)c2c1C#N. The zero-order valence-electron chi connectivity index (χ0n) is 32.5. The minimum atomic E-state index is -5.21. The molecule has 7 rings (SSSR count). The Hall–Kier alpha value is -5.06. The molecular formula is C39H41F5N6O7S. The van der Waals surface area contributed by atoms with Gasteiger partial charge in [0.15, 0.2) is 5.82 Å². The zero-order valence-corrected chi connectivity index (χ0v) is 33.3. The minimum absolute atomic E-state index is 0.0654. The van der Waals surface area contributed by atoms with Crippen LogP contribution in [-0.4, -0.2) is 94.0 Å².